The number of alkyl carbamates (subject to hydrolysis) is 1. The molecule has 2 amide bonds. The number of anilines is 1. The molecule has 1 atom stereocenters. The predicted octanol–water partition coefficient (Wildman–Crippen LogP) is 8.25. The third-order valence-corrected chi connectivity index (χ3v) is 7.62. The summed E-state index contributed by atoms with van der Waals surface area (Å²) in [5.74, 6) is -1.28. The molecule has 2 N–H and O–H groups in total. The Kier molecular flexibility index (Phi) is 10.2. The van der Waals surface area contributed by atoms with Gasteiger partial charge >= 0.3 is 18.6 Å². The second-order valence-corrected chi connectivity index (χ2v) is 12.8. The fourth-order valence-corrected chi connectivity index (χ4v) is 5.38. The molecule has 15 heteroatoms. The van der Waals surface area contributed by atoms with E-state index >= 15 is 0 Å². The van der Waals surface area contributed by atoms with Crippen LogP contribution in [0.5, 0.6) is 5.75 Å². The first-order valence-electron chi connectivity index (χ1n) is 15.6. The number of halogens is 6. The Morgan fingerprint density at radius 2 is 1.58 bits per heavy atom. The SMILES string of the molecule is CN(C1CC1)C(c1cccc(NC(=O)c2cc(C(F)(F)F)nn2-c2cccc(CNC(=O)OC(C)(C)C)c2)c1)c1cccc(OC(F)(F)F)c1. The average Bonchev–Trinajstić information content (AvgIpc) is 3.75. The van der Waals surface area contributed by atoms with Gasteiger partial charge < -0.3 is 20.1 Å². The standard InChI is InChI=1S/C35H35F6N5O4/c1-33(2,3)50-32(48)42-20-21-8-5-12-26(16-21)46-28(19-29(44-46)34(36,37)38)31(47)43-24-11-6-9-22(17-24)30(45(4)25-14-15-25)23-10-7-13-27(18-23)49-35(39,40)41/h5-13,16-19,25,30H,14-15,20H2,1-4H3,(H,42,48)(H,43,47). The molecule has 5 rings (SSSR count). The fourth-order valence-electron chi connectivity index (χ4n) is 5.38. The maximum Gasteiger partial charge on any atom is 0.573 e. The minimum Gasteiger partial charge on any atom is -0.444 e. The molecule has 1 saturated carbocycles. The van der Waals surface area contributed by atoms with Crippen molar-refractivity contribution in [2.75, 3.05) is 12.4 Å². The summed E-state index contributed by atoms with van der Waals surface area (Å²) in [6, 6.07) is 18.6. The van der Waals surface area contributed by atoms with Crippen LogP contribution in [0.1, 0.15) is 72.5 Å². The number of hydrogen-bond acceptors (Lipinski definition) is 6. The summed E-state index contributed by atoms with van der Waals surface area (Å²) in [4.78, 5) is 27.8. The fraction of sp³-hybridized carbons (Fsp3) is 0.343. The normalized spacial score (nSPS) is 14.3. The molecular weight excluding hydrogens is 668 g/mol. The van der Waals surface area contributed by atoms with Crippen molar-refractivity contribution < 1.29 is 45.4 Å². The second-order valence-electron chi connectivity index (χ2n) is 12.8. The molecule has 0 radical (unpaired) electrons. The van der Waals surface area contributed by atoms with Crippen LogP contribution in [0.25, 0.3) is 5.69 Å². The summed E-state index contributed by atoms with van der Waals surface area (Å²) < 4.78 is 90.7. The molecule has 50 heavy (non-hydrogen) atoms. The Morgan fingerprint density at radius 3 is 2.22 bits per heavy atom. The van der Waals surface area contributed by atoms with Gasteiger partial charge in [0.15, 0.2) is 5.69 Å². The van der Waals surface area contributed by atoms with E-state index in [0.717, 1.165) is 17.5 Å². The molecule has 1 unspecified atom stereocenters. The number of alkyl halides is 6. The zero-order valence-corrected chi connectivity index (χ0v) is 27.5. The van der Waals surface area contributed by atoms with Gasteiger partial charge in [-0.2, -0.15) is 18.3 Å². The van der Waals surface area contributed by atoms with Gasteiger partial charge in [0, 0.05) is 24.3 Å². The Bertz CT molecular complexity index is 1850. The van der Waals surface area contributed by atoms with Gasteiger partial charge in [0.1, 0.15) is 17.0 Å². The lowest BCUT2D eigenvalue weighted by atomic mass is 9.96. The van der Waals surface area contributed by atoms with Crippen LogP contribution >= 0.6 is 0 Å². The minimum atomic E-state index is -4.88. The van der Waals surface area contributed by atoms with Crippen molar-refractivity contribution in [3.8, 4) is 11.4 Å². The smallest absolute Gasteiger partial charge is 0.444 e. The van der Waals surface area contributed by atoms with E-state index in [2.05, 4.69) is 20.5 Å². The zero-order valence-electron chi connectivity index (χ0n) is 27.5. The van der Waals surface area contributed by atoms with E-state index < -0.39 is 47.6 Å². The summed E-state index contributed by atoms with van der Waals surface area (Å²) in [6.07, 6.45) is -8.63. The number of aromatic nitrogens is 2. The summed E-state index contributed by atoms with van der Waals surface area (Å²) in [6.45, 7) is 5.10. The third kappa shape index (κ3) is 9.55. The van der Waals surface area contributed by atoms with E-state index in [-0.39, 0.29) is 29.7 Å². The number of nitrogens with one attached hydrogen (secondary N) is 2. The first kappa shape index (κ1) is 36.2. The van der Waals surface area contributed by atoms with Gasteiger partial charge in [0.2, 0.25) is 0 Å². The van der Waals surface area contributed by atoms with E-state index in [4.69, 9.17) is 4.74 Å². The van der Waals surface area contributed by atoms with Crippen molar-refractivity contribution in [3.63, 3.8) is 0 Å². The van der Waals surface area contributed by atoms with Gasteiger partial charge in [-0.1, -0.05) is 36.4 Å². The maximum absolute atomic E-state index is 13.8. The summed E-state index contributed by atoms with van der Waals surface area (Å²) in [5, 5.41) is 8.92. The molecular formula is C35H35F6N5O4. The molecule has 1 aliphatic rings. The molecule has 9 nitrogen and oxygen atoms in total. The molecule has 0 saturated heterocycles. The number of rotatable bonds is 10. The van der Waals surface area contributed by atoms with Crippen LogP contribution in [0.15, 0.2) is 78.9 Å². The third-order valence-electron chi connectivity index (χ3n) is 7.62. The van der Waals surface area contributed by atoms with Crippen LogP contribution < -0.4 is 15.4 Å². The molecule has 3 aromatic carbocycles. The molecule has 266 valence electrons. The summed E-state index contributed by atoms with van der Waals surface area (Å²) >= 11 is 0. The quantitative estimate of drug-likeness (QED) is 0.162. The van der Waals surface area contributed by atoms with Gasteiger partial charge in [-0.05, 0) is 93.7 Å². The highest BCUT2D eigenvalue weighted by atomic mass is 19.4. The van der Waals surface area contributed by atoms with Crippen molar-refractivity contribution >= 4 is 17.7 Å². The van der Waals surface area contributed by atoms with E-state index in [9.17, 15) is 35.9 Å². The van der Waals surface area contributed by atoms with Crippen molar-refractivity contribution in [3.05, 3.63) is 107 Å². The average molecular weight is 704 g/mol. The number of ether oxygens (including phenoxy) is 2. The van der Waals surface area contributed by atoms with Gasteiger partial charge in [0.05, 0.1) is 11.7 Å². The number of hydrogen-bond donors (Lipinski definition) is 2. The lowest BCUT2D eigenvalue weighted by Gasteiger charge is -2.29. The largest absolute Gasteiger partial charge is 0.573 e. The monoisotopic (exact) mass is 703 g/mol. The van der Waals surface area contributed by atoms with Crippen LogP contribution in [0.2, 0.25) is 0 Å². The van der Waals surface area contributed by atoms with Gasteiger partial charge in [0.25, 0.3) is 5.91 Å². The Hall–Kier alpha value is -5.05. The van der Waals surface area contributed by atoms with Crippen LogP contribution in [0.4, 0.5) is 36.8 Å². The molecule has 0 bridgehead atoms. The Morgan fingerprint density at radius 1 is 0.920 bits per heavy atom. The van der Waals surface area contributed by atoms with Crippen LogP contribution in [-0.4, -0.2) is 51.7 Å². The molecule has 1 heterocycles. The molecule has 0 spiro atoms. The van der Waals surface area contributed by atoms with Crippen LogP contribution in [-0.2, 0) is 17.5 Å². The first-order chi connectivity index (χ1) is 23.4. The highest BCUT2D eigenvalue weighted by Crippen LogP contribution is 2.39. The van der Waals surface area contributed by atoms with E-state index in [1.807, 2.05) is 11.9 Å². The Labute approximate surface area is 284 Å². The highest BCUT2D eigenvalue weighted by molar-refractivity contribution is 6.03. The predicted molar refractivity (Wildman–Crippen MR) is 172 cm³/mol. The van der Waals surface area contributed by atoms with E-state index in [0.29, 0.717) is 22.8 Å². The van der Waals surface area contributed by atoms with Crippen molar-refractivity contribution in [2.24, 2.45) is 0 Å². The molecule has 1 fully saturated rings. The number of carbonyl (C=O) groups excluding carboxylic acids is 2. The van der Waals surface area contributed by atoms with Crippen LogP contribution in [0.3, 0.4) is 0 Å². The number of benzene rings is 3. The number of amides is 2. The molecule has 4 aromatic rings. The van der Waals surface area contributed by atoms with Gasteiger partial charge in [-0.3, -0.25) is 9.69 Å². The lowest BCUT2D eigenvalue weighted by molar-refractivity contribution is -0.274. The summed E-state index contributed by atoms with van der Waals surface area (Å²) in [5.41, 5.74) is -0.427. The number of nitrogens with zero attached hydrogens (tertiary/aromatic N) is 3. The van der Waals surface area contributed by atoms with Crippen molar-refractivity contribution in [2.45, 2.75) is 70.4 Å². The van der Waals surface area contributed by atoms with Crippen molar-refractivity contribution in [1.29, 1.82) is 0 Å². The van der Waals surface area contributed by atoms with Crippen molar-refractivity contribution in [1.82, 2.24) is 20.0 Å². The molecule has 0 aliphatic heterocycles. The molecule has 1 aromatic heterocycles. The van der Waals surface area contributed by atoms with Gasteiger partial charge in [-0.15, -0.1) is 13.2 Å². The second kappa shape index (κ2) is 14.1. The van der Waals surface area contributed by atoms with Gasteiger partial charge in [-0.25, -0.2) is 9.48 Å². The molecule has 1 aliphatic carbocycles. The number of carbonyl (C=O) groups is 2. The van der Waals surface area contributed by atoms with Crippen LogP contribution in [0, 0.1) is 0 Å². The minimum absolute atomic E-state index is 0.00776. The van der Waals surface area contributed by atoms with E-state index in [1.165, 1.54) is 30.3 Å². The Balaban J connectivity index is 1.43. The van der Waals surface area contributed by atoms with E-state index in [1.54, 1.807) is 63.2 Å². The lowest BCUT2D eigenvalue weighted by Crippen LogP contribution is -2.32. The maximum atomic E-state index is 13.8. The topological polar surface area (TPSA) is 97.7 Å². The zero-order chi connectivity index (χ0) is 36.4. The highest BCUT2D eigenvalue weighted by Gasteiger charge is 2.37. The first-order valence-corrected chi connectivity index (χ1v) is 15.6. The summed E-state index contributed by atoms with van der Waals surface area (Å²) in [7, 11) is 1.85.